The van der Waals surface area contributed by atoms with Crippen LogP contribution in [-0.4, -0.2) is 48.5 Å². The first-order valence-electron chi connectivity index (χ1n) is 6.25. The van der Waals surface area contributed by atoms with Crippen LogP contribution in [0.3, 0.4) is 0 Å². The van der Waals surface area contributed by atoms with Gasteiger partial charge in [-0.05, 0) is 37.6 Å². The Bertz CT molecular complexity index is 356. The SMILES string of the molecule is Cc1ccnc(N2CCCN(CCCl)CC2)c1. The van der Waals surface area contributed by atoms with E-state index in [-0.39, 0.29) is 0 Å². The summed E-state index contributed by atoms with van der Waals surface area (Å²) in [5.41, 5.74) is 1.27. The fourth-order valence-corrected chi connectivity index (χ4v) is 2.48. The van der Waals surface area contributed by atoms with Crippen molar-refractivity contribution < 1.29 is 0 Å². The lowest BCUT2D eigenvalue weighted by Crippen LogP contribution is -2.32. The number of pyridine rings is 1. The molecule has 1 saturated heterocycles. The number of nitrogens with zero attached hydrogens (tertiary/aromatic N) is 3. The van der Waals surface area contributed by atoms with Gasteiger partial charge < -0.3 is 9.80 Å². The molecule has 94 valence electrons. The molecule has 0 radical (unpaired) electrons. The van der Waals surface area contributed by atoms with E-state index < -0.39 is 0 Å². The fraction of sp³-hybridized carbons (Fsp3) is 0.615. The molecule has 0 unspecified atom stereocenters. The highest BCUT2D eigenvalue weighted by molar-refractivity contribution is 6.18. The Kier molecular flexibility index (Phi) is 4.63. The third-order valence-corrected chi connectivity index (χ3v) is 3.38. The van der Waals surface area contributed by atoms with Crippen LogP contribution >= 0.6 is 11.6 Å². The maximum absolute atomic E-state index is 5.79. The molecule has 0 aliphatic carbocycles. The largest absolute Gasteiger partial charge is 0.355 e. The molecule has 0 atom stereocenters. The Balaban J connectivity index is 1.99. The molecule has 1 aliphatic rings. The second-order valence-corrected chi connectivity index (χ2v) is 4.94. The molecule has 1 aromatic heterocycles. The molecule has 0 aromatic carbocycles. The van der Waals surface area contributed by atoms with E-state index in [2.05, 4.69) is 27.8 Å². The van der Waals surface area contributed by atoms with Gasteiger partial charge in [0.2, 0.25) is 0 Å². The Morgan fingerprint density at radius 3 is 2.94 bits per heavy atom. The number of halogens is 1. The third kappa shape index (κ3) is 3.58. The van der Waals surface area contributed by atoms with Gasteiger partial charge in [0.25, 0.3) is 0 Å². The van der Waals surface area contributed by atoms with Gasteiger partial charge in [-0.2, -0.15) is 0 Å². The lowest BCUT2D eigenvalue weighted by Gasteiger charge is -2.22. The van der Waals surface area contributed by atoms with E-state index in [9.17, 15) is 0 Å². The highest BCUT2D eigenvalue weighted by Gasteiger charge is 2.15. The lowest BCUT2D eigenvalue weighted by molar-refractivity contribution is 0.311. The van der Waals surface area contributed by atoms with Crippen molar-refractivity contribution in [1.29, 1.82) is 0 Å². The molecule has 0 amide bonds. The number of rotatable bonds is 3. The molecule has 2 rings (SSSR count). The zero-order valence-electron chi connectivity index (χ0n) is 10.4. The first-order valence-corrected chi connectivity index (χ1v) is 6.79. The van der Waals surface area contributed by atoms with Gasteiger partial charge >= 0.3 is 0 Å². The Hall–Kier alpha value is -0.800. The molecule has 1 fully saturated rings. The summed E-state index contributed by atoms with van der Waals surface area (Å²) in [5, 5.41) is 0. The Morgan fingerprint density at radius 2 is 2.18 bits per heavy atom. The van der Waals surface area contributed by atoms with Gasteiger partial charge in [-0.1, -0.05) is 0 Å². The maximum Gasteiger partial charge on any atom is 0.128 e. The second-order valence-electron chi connectivity index (χ2n) is 4.56. The number of anilines is 1. The van der Waals surface area contributed by atoms with Crippen molar-refractivity contribution in [3.05, 3.63) is 23.9 Å². The molecule has 0 saturated carbocycles. The van der Waals surface area contributed by atoms with Crippen molar-refractivity contribution in [2.45, 2.75) is 13.3 Å². The summed E-state index contributed by atoms with van der Waals surface area (Å²) < 4.78 is 0. The van der Waals surface area contributed by atoms with Gasteiger partial charge in [0.15, 0.2) is 0 Å². The summed E-state index contributed by atoms with van der Waals surface area (Å²) in [6.07, 6.45) is 3.08. The van der Waals surface area contributed by atoms with Crippen molar-refractivity contribution >= 4 is 17.4 Å². The highest BCUT2D eigenvalue weighted by atomic mass is 35.5. The molecule has 4 heteroatoms. The molecule has 1 aliphatic heterocycles. The van der Waals surface area contributed by atoms with Crippen LogP contribution in [0.2, 0.25) is 0 Å². The lowest BCUT2D eigenvalue weighted by atomic mass is 10.3. The molecule has 0 bridgehead atoms. The second kappa shape index (κ2) is 6.22. The van der Waals surface area contributed by atoms with Crippen molar-refractivity contribution in [1.82, 2.24) is 9.88 Å². The Morgan fingerprint density at radius 1 is 1.29 bits per heavy atom. The maximum atomic E-state index is 5.79. The van der Waals surface area contributed by atoms with Crippen LogP contribution in [0.5, 0.6) is 0 Å². The van der Waals surface area contributed by atoms with Crippen molar-refractivity contribution in [3.63, 3.8) is 0 Å². The topological polar surface area (TPSA) is 19.4 Å². The first kappa shape index (κ1) is 12.7. The molecule has 17 heavy (non-hydrogen) atoms. The van der Waals surface area contributed by atoms with Crippen LogP contribution < -0.4 is 4.90 Å². The zero-order valence-corrected chi connectivity index (χ0v) is 11.2. The average Bonchev–Trinajstić information content (AvgIpc) is 2.55. The molecule has 2 heterocycles. The van der Waals surface area contributed by atoms with Crippen LogP contribution in [0.25, 0.3) is 0 Å². The van der Waals surface area contributed by atoms with Gasteiger partial charge in [-0.3, -0.25) is 0 Å². The standard InChI is InChI=1S/C13H20ClN3/c1-12-3-5-15-13(11-12)17-7-2-6-16(8-4-14)9-10-17/h3,5,11H,2,4,6-10H2,1H3. The third-order valence-electron chi connectivity index (χ3n) is 3.21. The minimum absolute atomic E-state index is 0.725. The van der Waals surface area contributed by atoms with E-state index in [0.29, 0.717) is 0 Å². The highest BCUT2D eigenvalue weighted by Crippen LogP contribution is 2.14. The predicted molar refractivity (Wildman–Crippen MR) is 73.0 cm³/mol. The van der Waals surface area contributed by atoms with E-state index in [4.69, 9.17) is 11.6 Å². The van der Waals surface area contributed by atoms with Crippen LogP contribution in [-0.2, 0) is 0 Å². The van der Waals surface area contributed by atoms with E-state index in [1.165, 1.54) is 12.0 Å². The summed E-state index contributed by atoms with van der Waals surface area (Å²) in [6.45, 7) is 7.49. The van der Waals surface area contributed by atoms with Gasteiger partial charge in [-0.15, -0.1) is 11.6 Å². The van der Waals surface area contributed by atoms with E-state index in [1.807, 2.05) is 12.3 Å². The van der Waals surface area contributed by atoms with Crippen LogP contribution in [0.4, 0.5) is 5.82 Å². The van der Waals surface area contributed by atoms with Crippen molar-refractivity contribution in [2.24, 2.45) is 0 Å². The molecule has 0 N–H and O–H groups in total. The van der Waals surface area contributed by atoms with Gasteiger partial charge in [-0.25, -0.2) is 4.98 Å². The molecule has 1 aromatic rings. The predicted octanol–water partition coefficient (Wildman–Crippen LogP) is 2.14. The first-order chi connectivity index (χ1) is 8.29. The summed E-state index contributed by atoms with van der Waals surface area (Å²) in [7, 11) is 0. The fourth-order valence-electron chi connectivity index (χ4n) is 2.24. The molecular formula is C13H20ClN3. The summed E-state index contributed by atoms with van der Waals surface area (Å²) in [6, 6.07) is 4.21. The zero-order chi connectivity index (χ0) is 12.1. The van der Waals surface area contributed by atoms with Gasteiger partial charge in [0, 0.05) is 38.3 Å². The minimum Gasteiger partial charge on any atom is -0.355 e. The normalized spacial score (nSPS) is 18.1. The van der Waals surface area contributed by atoms with Crippen molar-refractivity contribution in [2.75, 3.05) is 43.5 Å². The number of hydrogen-bond acceptors (Lipinski definition) is 3. The van der Waals surface area contributed by atoms with Crippen LogP contribution in [0.1, 0.15) is 12.0 Å². The average molecular weight is 254 g/mol. The van der Waals surface area contributed by atoms with Crippen molar-refractivity contribution in [3.8, 4) is 0 Å². The summed E-state index contributed by atoms with van der Waals surface area (Å²) in [4.78, 5) is 9.27. The van der Waals surface area contributed by atoms with Crippen LogP contribution in [0, 0.1) is 6.92 Å². The van der Waals surface area contributed by atoms with Gasteiger partial charge in [0.1, 0.15) is 5.82 Å². The van der Waals surface area contributed by atoms with E-state index in [1.54, 1.807) is 0 Å². The molecular weight excluding hydrogens is 234 g/mol. The summed E-state index contributed by atoms with van der Waals surface area (Å²) >= 11 is 5.79. The van der Waals surface area contributed by atoms with E-state index >= 15 is 0 Å². The molecule has 3 nitrogen and oxygen atoms in total. The quantitative estimate of drug-likeness (QED) is 0.770. The molecule has 0 spiro atoms. The number of aromatic nitrogens is 1. The number of hydrogen-bond donors (Lipinski definition) is 0. The smallest absolute Gasteiger partial charge is 0.128 e. The minimum atomic E-state index is 0.725. The number of aryl methyl sites for hydroxylation is 1. The number of alkyl halides is 1. The monoisotopic (exact) mass is 253 g/mol. The Labute approximate surface area is 108 Å². The summed E-state index contributed by atoms with van der Waals surface area (Å²) in [5.74, 6) is 1.83. The van der Waals surface area contributed by atoms with Crippen LogP contribution in [0.15, 0.2) is 18.3 Å². The van der Waals surface area contributed by atoms with E-state index in [0.717, 1.165) is 44.4 Å². The van der Waals surface area contributed by atoms with Gasteiger partial charge in [0.05, 0.1) is 0 Å².